The third-order valence-electron chi connectivity index (χ3n) is 12.6. The highest BCUT2D eigenvalue weighted by atomic mass is 32.2. The Morgan fingerprint density at radius 1 is 1.03 bits per heavy atom. The van der Waals surface area contributed by atoms with Crippen LogP contribution in [0.2, 0.25) is 0 Å². The largest absolute Gasteiger partial charge is 0.472 e. The van der Waals surface area contributed by atoms with Gasteiger partial charge in [-0.05, 0) is 131 Å². The number of likely N-dealkylation sites (N-methyl/N-ethyl adjacent to an activating group) is 1. The van der Waals surface area contributed by atoms with Crippen molar-refractivity contribution in [3.05, 3.63) is 24.2 Å². The van der Waals surface area contributed by atoms with Crippen molar-refractivity contribution in [1.29, 1.82) is 0 Å². The zero-order chi connectivity index (χ0) is 25.7. The summed E-state index contributed by atoms with van der Waals surface area (Å²) in [6.45, 7) is 11.4. The zero-order valence-electron chi connectivity index (χ0n) is 23.8. The van der Waals surface area contributed by atoms with Gasteiger partial charge in [-0.25, -0.2) is 0 Å². The van der Waals surface area contributed by atoms with E-state index in [1.54, 1.807) is 0 Å². The second kappa shape index (κ2) is 10.5. The summed E-state index contributed by atoms with van der Waals surface area (Å²) in [7, 11) is 2.32. The third-order valence-corrected chi connectivity index (χ3v) is 13.9. The fourth-order valence-corrected chi connectivity index (χ4v) is 11.6. The molecule has 0 amide bonds. The number of furan rings is 1. The van der Waals surface area contributed by atoms with Gasteiger partial charge in [-0.1, -0.05) is 13.8 Å². The quantitative estimate of drug-likeness (QED) is 0.409. The molecule has 0 spiro atoms. The maximum Gasteiger partial charge on any atom is 0.0937 e. The van der Waals surface area contributed by atoms with E-state index in [2.05, 4.69) is 48.5 Å². The third kappa shape index (κ3) is 4.66. The van der Waals surface area contributed by atoms with Crippen LogP contribution in [0.25, 0.3) is 0 Å². The zero-order valence-corrected chi connectivity index (χ0v) is 24.6. The maximum absolute atomic E-state index is 12.4. The van der Waals surface area contributed by atoms with Gasteiger partial charge in [-0.15, -0.1) is 0 Å². The Kier molecular flexibility index (Phi) is 7.57. The number of aliphatic hydroxyl groups is 1. The fraction of sp³-hybridized carbons (Fsp3) is 0.875. The summed E-state index contributed by atoms with van der Waals surface area (Å²) < 4.78 is 5.47. The van der Waals surface area contributed by atoms with Gasteiger partial charge in [0, 0.05) is 36.1 Å². The Morgan fingerprint density at radius 2 is 1.86 bits per heavy atom. The van der Waals surface area contributed by atoms with Gasteiger partial charge in [-0.3, -0.25) is 0 Å². The second-order valence-corrected chi connectivity index (χ2v) is 15.5. The molecule has 0 radical (unpaired) electrons. The average Bonchev–Trinajstić information content (AvgIpc) is 3.64. The van der Waals surface area contributed by atoms with Crippen LogP contribution in [0.1, 0.15) is 96.0 Å². The highest BCUT2D eigenvalue weighted by Crippen LogP contribution is 2.70. The molecule has 5 fully saturated rings. The van der Waals surface area contributed by atoms with E-state index < -0.39 is 5.60 Å². The van der Waals surface area contributed by atoms with E-state index in [0.717, 1.165) is 24.0 Å². The van der Waals surface area contributed by atoms with Crippen LogP contribution in [0.4, 0.5) is 0 Å². The van der Waals surface area contributed by atoms with Crippen LogP contribution >= 0.6 is 11.8 Å². The van der Waals surface area contributed by atoms with Crippen molar-refractivity contribution in [1.82, 2.24) is 9.80 Å². The Bertz CT molecular complexity index is 903. The summed E-state index contributed by atoms with van der Waals surface area (Å²) >= 11 is 2.27. The molecule has 5 aliphatic rings. The molecule has 4 nitrogen and oxygen atoms in total. The lowest BCUT2D eigenvalue weighted by Crippen LogP contribution is -2.61. The monoisotopic (exact) mass is 528 g/mol. The highest BCUT2D eigenvalue weighted by molar-refractivity contribution is 7.99. The molecule has 6 rings (SSSR count). The minimum absolute atomic E-state index is 0.00487. The number of hydrogen-bond donors (Lipinski definition) is 1. The van der Waals surface area contributed by atoms with Gasteiger partial charge >= 0.3 is 0 Å². The molecule has 5 heteroatoms. The summed E-state index contributed by atoms with van der Waals surface area (Å²) in [5.74, 6) is 3.77. The fourth-order valence-electron chi connectivity index (χ4n) is 10.2. The molecule has 1 aromatic heterocycles. The second-order valence-electron chi connectivity index (χ2n) is 14.1. The number of likely N-dealkylation sites (tertiary alicyclic amines) is 1. The van der Waals surface area contributed by atoms with Crippen molar-refractivity contribution in [2.24, 2.45) is 28.6 Å². The molecule has 8 atom stereocenters. The van der Waals surface area contributed by atoms with Gasteiger partial charge in [-0.2, -0.15) is 11.8 Å². The lowest BCUT2D eigenvalue weighted by atomic mass is 9.43. The number of nitrogens with zero attached hydrogens (tertiary/aromatic N) is 2. The summed E-state index contributed by atoms with van der Waals surface area (Å²) in [6.07, 6.45) is 17.9. The Balaban J connectivity index is 1.04. The molecule has 4 saturated carbocycles. The van der Waals surface area contributed by atoms with Crippen LogP contribution in [0.5, 0.6) is 0 Å². The van der Waals surface area contributed by atoms with Crippen molar-refractivity contribution in [3.8, 4) is 0 Å². The summed E-state index contributed by atoms with van der Waals surface area (Å²) in [5, 5.41) is 13.3. The van der Waals surface area contributed by atoms with Crippen LogP contribution in [0.3, 0.4) is 0 Å². The first kappa shape index (κ1) is 26.7. The highest BCUT2D eigenvalue weighted by Gasteiger charge is 2.67. The van der Waals surface area contributed by atoms with E-state index >= 15 is 0 Å². The molecule has 208 valence electrons. The van der Waals surface area contributed by atoms with E-state index in [0.29, 0.717) is 23.2 Å². The van der Waals surface area contributed by atoms with Crippen LogP contribution in [-0.4, -0.2) is 71.3 Å². The van der Waals surface area contributed by atoms with Gasteiger partial charge in [0.1, 0.15) is 0 Å². The van der Waals surface area contributed by atoms with Crippen LogP contribution in [-0.2, 0) is 0 Å². The van der Waals surface area contributed by atoms with Gasteiger partial charge in [0.15, 0.2) is 0 Å². The van der Waals surface area contributed by atoms with Crippen LogP contribution in [0, 0.1) is 28.6 Å². The van der Waals surface area contributed by atoms with E-state index in [9.17, 15) is 5.11 Å². The van der Waals surface area contributed by atoms with E-state index in [1.165, 1.54) is 102 Å². The minimum Gasteiger partial charge on any atom is -0.472 e. The van der Waals surface area contributed by atoms with Crippen molar-refractivity contribution in [2.45, 2.75) is 101 Å². The van der Waals surface area contributed by atoms with Gasteiger partial charge < -0.3 is 19.3 Å². The molecular weight excluding hydrogens is 476 g/mol. The molecule has 1 saturated heterocycles. The topological polar surface area (TPSA) is 39.9 Å². The number of fused-ring (bicyclic) bond motifs is 5. The van der Waals surface area contributed by atoms with Crippen molar-refractivity contribution in [2.75, 3.05) is 45.5 Å². The standard InChI is InChI=1S/C32H52N2O2S/c1-30-12-8-26(37-21-19-33(3)17-18-34-15-4-5-16-34)22-25(30)6-7-29-28(30)9-13-31(2)27(10-14-32(29,31)35)24-11-20-36-23-24/h11,20,23,25-29,35H,4-10,12-19,21-22H2,1-3H3/t25?,26?,27?,28-,29-,30+,31-,32-/m1/s1. The van der Waals surface area contributed by atoms with E-state index in [1.807, 2.05) is 12.5 Å². The smallest absolute Gasteiger partial charge is 0.0937 e. The first-order chi connectivity index (χ1) is 17.8. The van der Waals surface area contributed by atoms with Gasteiger partial charge in [0.25, 0.3) is 0 Å². The molecule has 37 heavy (non-hydrogen) atoms. The van der Waals surface area contributed by atoms with Crippen molar-refractivity contribution < 1.29 is 9.52 Å². The van der Waals surface area contributed by atoms with E-state index in [-0.39, 0.29) is 5.41 Å². The van der Waals surface area contributed by atoms with Crippen LogP contribution in [0.15, 0.2) is 23.0 Å². The van der Waals surface area contributed by atoms with E-state index in [4.69, 9.17) is 4.42 Å². The molecule has 1 aromatic rings. The van der Waals surface area contributed by atoms with Gasteiger partial charge in [0.05, 0.1) is 18.1 Å². The molecule has 0 aromatic carbocycles. The number of hydrogen-bond acceptors (Lipinski definition) is 5. The molecule has 1 aliphatic heterocycles. The lowest BCUT2D eigenvalue weighted by molar-refractivity contribution is -0.200. The first-order valence-corrected chi connectivity index (χ1v) is 16.7. The molecule has 2 heterocycles. The predicted octanol–water partition coefficient (Wildman–Crippen LogP) is 6.65. The summed E-state index contributed by atoms with van der Waals surface area (Å²) in [4.78, 5) is 5.19. The first-order valence-electron chi connectivity index (χ1n) is 15.6. The Hall–Kier alpha value is -0.490. The van der Waals surface area contributed by atoms with Crippen LogP contribution < -0.4 is 0 Å². The predicted molar refractivity (Wildman–Crippen MR) is 154 cm³/mol. The molecule has 1 N–H and O–H groups in total. The van der Waals surface area contributed by atoms with Crippen molar-refractivity contribution in [3.63, 3.8) is 0 Å². The summed E-state index contributed by atoms with van der Waals surface area (Å²) in [6, 6.07) is 2.15. The molecular formula is C32H52N2O2S. The SMILES string of the molecule is CN(CCSC1CC[C@@]2(C)C(CC[C@@H]3[C@H]2CC[C@]2(C)C(c4ccoc4)CC[C@@]32O)C1)CCN1CCCC1. The number of thioether (sulfide) groups is 1. The minimum atomic E-state index is -0.503. The lowest BCUT2D eigenvalue weighted by Gasteiger charge is -2.63. The Labute approximate surface area is 230 Å². The normalized spacial score (nSPS) is 44.1. The molecule has 0 bridgehead atoms. The van der Waals surface area contributed by atoms with Crippen molar-refractivity contribution >= 4 is 11.8 Å². The average molecular weight is 529 g/mol. The van der Waals surface area contributed by atoms with Gasteiger partial charge in [0.2, 0.25) is 0 Å². The Morgan fingerprint density at radius 3 is 2.65 bits per heavy atom. The number of rotatable bonds is 8. The summed E-state index contributed by atoms with van der Waals surface area (Å²) in [5.41, 5.74) is 1.24. The molecule has 3 unspecified atom stereocenters. The maximum atomic E-state index is 12.4. The molecule has 4 aliphatic carbocycles.